The molecule has 0 amide bonds. The molecule has 2 nitrogen and oxygen atoms in total. The number of rotatable bonds is 2. The minimum atomic E-state index is -4.52. The van der Waals surface area contributed by atoms with Crippen molar-refractivity contribution in [3.05, 3.63) is 23.3 Å². The molecule has 0 atom stereocenters. The molecule has 0 bridgehead atoms. The quantitative estimate of drug-likeness (QED) is 0.829. The van der Waals surface area contributed by atoms with E-state index in [2.05, 4.69) is 0 Å². The van der Waals surface area contributed by atoms with E-state index < -0.39 is 11.7 Å². The van der Waals surface area contributed by atoms with Gasteiger partial charge >= 0.3 is 6.18 Å². The maximum Gasteiger partial charge on any atom is 0.420 e. The van der Waals surface area contributed by atoms with Crippen LogP contribution in [0.15, 0.2) is 12.1 Å². The number of aromatic hydroxyl groups is 1. The highest BCUT2D eigenvalue weighted by Crippen LogP contribution is 2.39. The maximum atomic E-state index is 12.5. The van der Waals surface area contributed by atoms with Gasteiger partial charge in [0.25, 0.3) is 0 Å². The third-order valence-electron chi connectivity index (χ3n) is 1.90. The molecule has 0 aliphatic heterocycles. The van der Waals surface area contributed by atoms with E-state index in [4.69, 9.17) is 4.74 Å². The van der Waals surface area contributed by atoms with Gasteiger partial charge in [-0.1, -0.05) is 0 Å². The molecule has 0 aliphatic rings. The van der Waals surface area contributed by atoms with Crippen LogP contribution in [0.1, 0.15) is 18.1 Å². The topological polar surface area (TPSA) is 29.5 Å². The van der Waals surface area contributed by atoms with Gasteiger partial charge in [-0.3, -0.25) is 0 Å². The maximum absolute atomic E-state index is 12.5. The second-order valence-corrected chi connectivity index (χ2v) is 3.07. The predicted octanol–water partition coefficient (Wildman–Crippen LogP) is 3.12. The fraction of sp³-hybridized carbons (Fsp3) is 0.400. The van der Waals surface area contributed by atoms with Crippen molar-refractivity contribution in [1.82, 2.24) is 0 Å². The molecule has 84 valence electrons. The van der Waals surface area contributed by atoms with Crippen molar-refractivity contribution >= 4 is 0 Å². The van der Waals surface area contributed by atoms with Crippen molar-refractivity contribution in [2.75, 3.05) is 6.61 Å². The monoisotopic (exact) mass is 220 g/mol. The molecule has 1 aromatic carbocycles. The molecule has 0 radical (unpaired) electrons. The van der Waals surface area contributed by atoms with Crippen molar-refractivity contribution < 1.29 is 23.0 Å². The summed E-state index contributed by atoms with van der Waals surface area (Å²) in [5.74, 6) is -0.633. The van der Waals surface area contributed by atoms with Crippen LogP contribution in [0.25, 0.3) is 0 Å². The summed E-state index contributed by atoms with van der Waals surface area (Å²) >= 11 is 0. The molecule has 0 unspecified atom stereocenters. The van der Waals surface area contributed by atoms with Crippen LogP contribution in [0, 0.1) is 6.92 Å². The molecular weight excluding hydrogens is 209 g/mol. The minimum absolute atomic E-state index is 0.146. The third-order valence-corrected chi connectivity index (χ3v) is 1.90. The van der Waals surface area contributed by atoms with Crippen LogP contribution in [0.2, 0.25) is 0 Å². The van der Waals surface area contributed by atoms with E-state index in [0.29, 0.717) is 11.6 Å². The van der Waals surface area contributed by atoms with Crippen LogP contribution in [0.5, 0.6) is 11.5 Å². The largest absolute Gasteiger partial charge is 0.508 e. The Labute approximate surface area is 85.3 Å². The number of alkyl halides is 3. The van der Waals surface area contributed by atoms with Crippen LogP contribution >= 0.6 is 0 Å². The molecule has 1 rings (SSSR count). The molecule has 0 aliphatic carbocycles. The summed E-state index contributed by atoms with van der Waals surface area (Å²) in [6, 6.07) is 1.86. The normalized spacial score (nSPS) is 11.5. The molecule has 5 heteroatoms. The van der Waals surface area contributed by atoms with E-state index in [1.807, 2.05) is 0 Å². The Kier molecular flexibility index (Phi) is 3.12. The summed E-state index contributed by atoms with van der Waals surface area (Å²) in [5.41, 5.74) is -0.598. The van der Waals surface area contributed by atoms with E-state index in [-0.39, 0.29) is 18.1 Å². The van der Waals surface area contributed by atoms with Gasteiger partial charge in [-0.25, -0.2) is 0 Å². The van der Waals surface area contributed by atoms with E-state index in [1.54, 1.807) is 6.92 Å². The van der Waals surface area contributed by atoms with Crippen LogP contribution in [-0.2, 0) is 6.18 Å². The van der Waals surface area contributed by atoms with Crippen LogP contribution in [0.3, 0.4) is 0 Å². The summed E-state index contributed by atoms with van der Waals surface area (Å²) in [6.07, 6.45) is -4.52. The summed E-state index contributed by atoms with van der Waals surface area (Å²) in [4.78, 5) is 0. The highest BCUT2D eigenvalue weighted by molar-refractivity contribution is 5.46. The van der Waals surface area contributed by atoms with Crippen molar-refractivity contribution in [2.24, 2.45) is 0 Å². The lowest BCUT2D eigenvalue weighted by Gasteiger charge is -2.14. The minimum Gasteiger partial charge on any atom is -0.508 e. The molecule has 0 heterocycles. The zero-order valence-electron chi connectivity index (χ0n) is 8.35. The van der Waals surface area contributed by atoms with Crippen LogP contribution < -0.4 is 4.74 Å². The SMILES string of the molecule is CCOc1cc(C)c(O)cc1C(F)(F)F. The summed E-state index contributed by atoms with van der Waals surface area (Å²) in [7, 11) is 0. The Morgan fingerprint density at radius 3 is 2.40 bits per heavy atom. The number of phenolic OH excluding ortho intramolecular Hbond substituents is 1. The lowest BCUT2D eigenvalue weighted by Crippen LogP contribution is -2.08. The summed E-state index contributed by atoms with van der Waals surface area (Å²) < 4.78 is 42.3. The molecule has 0 saturated heterocycles. The van der Waals surface area contributed by atoms with Crippen molar-refractivity contribution in [2.45, 2.75) is 20.0 Å². The number of benzene rings is 1. The molecule has 1 aromatic rings. The number of hydrogen-bond acceptors (Lipinski definition) is 2. The first-order valence-electron chi connectivity index (χ1n) is 4.40. The van der Waals surface area contributed by atoms with Gasteiger partial charge in [0.2, 0.25) is 0 Å². The Morgan fingerprint density at radius 2 is 1.93 bits per heavy atom. The lowest BCUT2D eigenvalue weighted by atomic mass is 10.1. The highest BCUT2D eigenvalue weighted by atomic mass is 19.4. The van der Waals surface area contributed by atoms with Crippen LogP contribution in [0.4, 0.5) is 13.2 Å². The Hall–Kier alpha value is -1.39. The first-order valence-corrected chi connectivity index (χ1v) is 4.40. The van der Waals surface area contributed by atoms with Gasteiger partial charge in [0.05, 0.1) is 6.61 Å². The van der Waals surface area contributed by atoms with Crippen LogP contribution in [-0.4, -0.2) is 11.7 Å². The second-order valence-electron chi connectivity index (χ2n) is 3.07. The second kappa shape index (κ2) is 4.00. The fourth-order valence-corrected chi connectivity index (χ4v) is 1.17. The van der Waals surface area contributed by atoms with Gasteiger partial charge in [0.15, 0.2) is 0 Å². The van der Waals surface area contributed by atoms with Crippen molar-refractivity contribution in [3.63, 3.8) is 0 Å². The molecular formula is C10H11F3O2. The first kappa shape index (κ1) is 11.7. The van der Waals surface area contributed by atoms with Gasteiger partial charge < -0.3 is 9.84 Å². The average Bonchev–Trinajstić information content (AvgIpc) is 2.09. The van der Waals surface area contributed by atoms with Gasteiger partial charge in [0, 0.05) is 0 Å². The third kappa shape index (κ3) is 2.55. The molecule has 0 saturated carbocycles. The smallest absolute Gasteiger partial charge is 0.420 e. The fourth-order valence-electron chi connectivity index (χ4n) is 1.17. The number of ether oxygens (including phenoxy) is 1. The standard InChI is InChI=1S/C10H11F3O2/c1-3-15-9-4-6(2)8(14)5-7(9)10(11,12)13/h4-5,14H,3H2,1-2H3. The Morgan fingerprint density at radius 1 is 1.33 bits per heavy atom. The van der Waals surface area contributed by atoms with Gasteiger partial charge in [0.1, 0.15) is 17.1 Å². The number of halogens is 3. The molecule has 0 aromatic heterocycles. The molecule has 0 fully saturated rings. The average molecular weight is 220 g/mol. The van der Waals surface area contributed by atoms with E-state index >= 15 is 0 Å². The predicted molar refractivity (Wildman–Crippen MR) is 49.0 cm³/mol. The lowest BCUT2D eigenvalue weighted by molar-refractivity contribution is -0.139. The Bertz CT molecular complexity index is 358. The van der Waals surface area contributed by atoms with Gasteiger partial charge in [-0.15, -0.1) is 0 Å². The number of hydrogen-bond donors (Lipinski definition) is 1. The zero-order valence-corrected chi connectivity index (χ0v) is 8.35. The van der Waals surface area contributed by atoms with E-state index in [1.165, 1.54) is 13.0 Å². The summed E-state index contributed by atoms with van der Waals surface area (Å²) in [6.45, 7) is 3.26. The molecule has 0 spiro atoms. The molecule has 15 heavy (non-hydrogen) atoms. The van der Waals surface area contributed by atoms with Gasteiger partial charge in [-0.05, 0) is 31.5 Å². The zero-order chi connectivity index (χ0) is 11.6. The molecule has 1 N–H and O–H groups in total. The highest BCUT2D eigenvalue weighted by Gasteiger charge is 2.35. The van der Waals surface area contributed by atoms with Gasteiger partial charge in [-0.2, -0.15) is 13.2 Å². The number of phenols is 1. The Balaban J connectivity index is 3.28. The van der Waals surface area contributed by atoms with Crippen molar-refractivity contribution in [1.29, 1.82) is 0 Å². The summed E-state index contributed by atoms with van der Waals surface area (Å²) in [5, 5.41) is 9.20. The first-order chi connectivity index (χ1) is 6.86. The van der Waals surface area contributed by atoms with E-state index in [0.717, 1.165) is 0 Å². The number of aryl methyl sites for hydroxylation is 1. The van der Waals surface area contributed by atoms with E-state index in [9.17, 15) is 18.3 Å². The van der Waals surface area contributed by atoms with Crippen molar-refractivity contribution in [3.8, 4) is 11.5 Å².